The summed E-state index contributed by atoms with van der Waals surface area (Å²) in [7, 11) is 1.87. The lowest BCUT2D eigenvalue weighted by atomic mass is 9.88. The fraction of sp³-hybridized carbons (Fsp3) is 0.571. The average Bonchev–Trinajstić information content (AvgIpc) is 2.69. The van der Waals surface area contributed by atoms with Crippen LogP contribution in [-0.2, 0) is 11.8 Å². The van der Waals surface area contributed by atoms with Gasteiger partial charge in [0, 0.05) is 13.2 Å². The molecule has 0 aliphatic carbocycles. The minimum Gasteiger partial charge on any atom is -0.344 e. The molecule has 0 aromatic carbocycles. The highest BCUT2D eigenvalue weighted by Gasteiger charge is 2.19. The van der Waals surface area contributed by atoms with Gasteiger partial charge in [-0.15, -0.1) is 0 Å². The van der Waals surface area contributed by atoms with Gasteiger partial charge >= 0.3 is 0 Å². The Hall–Kier alpha value is -1.58. The van der Waals surface area contributed by atoms with Gasteiger partial charge in [0.25, 0.3) is 0 Å². The van der Waals surface area contributed by atoms with Crippen LogP contribution in [0.15, 0.2) is 24.9 Å². The van der Waals surface area contributed by atoms with Crippen LogP contribution >= 0.6 is 0 Å². The highest BCUT2D eigenvalue weighted by Crippen LogP contribution is 2.26. The fourth-order valence-electron chi connectivity index (χ4n) is 1.72. The summed E-state index contributed by atoms with van der Waals surface area (Å²) in [5.74, 6) is -0.153. The van der Waals surface area contributed by atoms with Crippen LogP contribution in [-0.4, -0.2) is 15.7 Å². The lowest BCUT2D eigenvalue weighted by Crippen LogP contribution is -2.28. The van der Waals surface area contributed by atoms with Crippen LogP contribution < -0.4 is 5.32 Å². The van der Waals surface area contributed by atoms with Crippen molar-refractivity contribution in [2.24, 2.45) is 12.5 Å². The Labute approximate surface area is 109 Å². The maximum atomic E-state index is 11.5. The topological polar surface area (TPSA) is 46.9 Å². The van der Waals surface area contributed by atoms with E-state index in [0.717, 1.165) is 18.5 Å². The summed E-state index contributed by atoms with van der Waals surface area (Å²) in [6.07, 6.45) is 5.08. The Morgan fingerprint density at radius 1 is 1.61 bits per heavy atom. The van der Waals surface area contributed by atoms with E-state index in [-0.39, 0.29) is 17.4 Å². The number of aromatic nitrogens is 2. The summed E-state index contributed by atoms with van der Waals surface area (Å²) >= 11 is 0. The lowest BCUT2D eigenvalue weighted by molar-refractivity contribution is -0.117. The van der Waals surface area contributed by atoms with Gasteiger partial charge in [-0.2, -0.15) is 5.10 Å². The monoisotopic (exact) mass is 249 g/mol. The van der Waals surface area contributed by atoms with E-state index in [2.05, 4.69) is 37.8 Å². The van der Waals surface area contributed by atoms with Gasteiger partial charge in [-0.25, -0.2) is 0 Å². The molecule has 0 aliphatic rings. The smallest absolute Gasteiger partial charge is 0.243 e. The second-order valence-electron chi connectivity index (χ2n) is 5.78. The molecule has 0 fully saturated rings. The molecule has 100 valence electrons. The first kappa shape index (κ1) is 14.5. The molecule has 1 unspecified atom stereocenters. The second-order valence-corrected chi connectivity index (χ2v) is 5.78. The van der Waals surface area contributed by atoms with E-state index in [1.807, 2.05) is 19.3 Å². The largest absolute Gasteiger partial charge is 0.344 e. The molecule has 1 aromatic rings. The Morgan fingerprint density at radius 2 is 2.28 bits per heavy atom. The number of aryl methyl sites for hydroxylation is 1. The average molecular weight is 249 g/mol. The van der Waals surface area contributed by atoms with Gasteiger partial charge in [0.05, 0.1) is 11.7 Å². The number of rotatable bonds is 5. The van der Waals surface area contributed by atoms with Gasteiger partial charge in [0.15, 0.2) is 0 Å². The maximum Gasteiger partial charge on any atom is 0.243 e. The van der Waals surface area contributed by atoms with Gasteiger partial charge in [-0.3, -0.25) is 9.48 Å². The number of nitrogens with one attached hydrogen (secondary N) is 1. The Bertz CT molecular complexity index is 415. The van der Waals surface area contributed by atoms with Gasteiger partial charge in [0.2, 0.25) is 5.91 Å². The van der Waals surface area contributed by atoms with Gasteiger partial charge in [0.1, 0.15) is 0 Å². The first-order valence-electron chi connectivity index (χ1n) is 6.24. The summed E-state index contributed by atoms with van der Waals surface area (Å²) in [6, 6.07) is 1.90. The zero-order valence-corrected chi connectivity index (χ0v) is 11.7. The molecule has 0 bridgehead atoms. The predicted molar refractivity (Wildman–Crippen MR) is 73.0 cm³/mol. The summed E-state index contributed by atoms with van der Waals surface area (Å²) < 4.78 is 1.75. The molecule has 0 radical (unpaired) electrons. The molecule has 4 heteroatoms. The predicted octanol–water partition coefficient (Wildman–Crippen LogP) is 2.59. The van der Waals surface area contributed by atoms with Crippen LogP contribution in [0.1, 0.15) is 45.3 Å². The lowest BCUT2D eigenvalue weighted by Gasteiger charge is -2.22. The van der Waals surface area contributed by atoms with Crippen LogP contribution in [0.3, 0.4) is 0 Å². The highest BCUT2D eigenvalue weighted by molar-refractivity contribution is 5.87. The Balaban J connectivity index is 2.75. The van der Waals surface area contributed by atoms with E-state index in [1.165, 1.54) is 6.08 Å². The van der Waals surface area contributed by atoms with Crippen LogP contribution in [0.5, 0.6) is 0 Å². The molecule has 0 saturated carbocycles. The Morgan fingerprint density at radius 3 is 2.72 bits per heavy atom. The van der Waals surface area contributed by atoms with E-state index in [0.29, 0.717) is 0 Å². The maximum absolute atomic E-state index is 11.5. The minimum atomic E-state index is -0.153. The molecule has 1 atom stereocenters. The molecular formula is C14H23N3O. The van der Waals surface area contributed by atoms with Crippen molar-refractivity contribution in [1.82, 2.24) is 15.1 Å². The minimum absolute atomic E-state index is 0.0454. The highest BCUT2D eigenvalue weighted by atomic mass is 16.1. The van der Waals surface area contributed by atoms with Crippen molar-refractivity contribution in [2.45, 2.75) is 39.7 Å². The third kappa shape index (κ3) is 4.73. The molecule has 1 heterocycles. The van der Waals surface area contributed by atoms with Crippen molar-refractivity contribution in [1.29, 1.82) is 0 Å². The number of hydrogen-bond acceptors (Lipinski definition) is 2. The van der Waals surface area contributed by atoms with Crippen LogP contribution in [0, 0.1) is 5.41 Å². The molecule has 18 heavy (non-hydrogen) atoms. The molecule has 0 saturated heterocycles. The molecule has 1 amide bonds. The van der Waals surface area contributed by atoms with Crippen molar-refractivity contribution in [3.63, 3.8) is 0 Å². The second kappa shape index (κ2) is 5.85. The van der Waals surface area contributed by atoms with Crippen molar-refractivity contribution < 1.29 is 4.79 Å². The van der Waals surface area contributed by atoms with Crippen molar-refractivity contribution in [3.8, 4) is 0 Å². The quantitative estimate of drug-likeness (QED) is 0.815. The SMILES string of the molecule is C=CC(=O)NC(CCC(C)(C)C)c1ccn(C)n1. The van der Waals surface area contributed by atoms with E-state index in [9.17, 15) is 4.79 Å². The van der Waals surface area contributed by atoms with Crippen LogP contribution in [0.2, 0.25) is 0 Å². The summed E-state index contributed by atoms with van der Waals surface area (Å²) in [5.41, 5.74) is 1.14. The molecule has 1 N–H and O–H groups in total. The van der Waals surface area contributed by atoms with Crippen molar-refractivity contribution in [2.75, 3.05) is 0 Å². The normalized spacial score (nSPS) is 13.1. The van der Waals surface area contributed by atoms with Gasteiger partial charge in [-0.1, -0.05) is 27.4 Å². The number of carbonyl (C=O) groups excluding carboxylic acids is 1. The third-order valence-electron chi connectivity index (χ3n) is 2.78. The van der Waals surface area contributed by atoms with E-state index >= 15 is 0 Å². The molecule has 0 aliphatic heterocycles. The zero-order chi connectivity index (χ0) is 13.8. The van der Waals surface area contributed by atoms with Crippen molar-refractivity contribution >= 4 is 5.91 Å². The first-order chi connectivity index (χ1) is 8.31. The number of nitrogens with zero attached hydrogens (tertiary/aromatic N) is 2. The standard InChI is InChI=1S/C14H23N3O/c1-6-13(18)15-11(7-9-14(2,3)4)12-8-10-17(5)16-12/h6,8,10-11H,1,7,9H2,2-5H3,(H,15,18). The first-order valence-corrected chi connectivity index (χ1v) is 6.24. The molecule has 1 aromatic heterocycles. The van der Waals surface area contributed by atoms with E-state index in [4.69, 9.17) is 0 Å². The molecule has 4 nitrogen and oxygen atoms in total. The number of amides is 1. The van der Waals surface area contributed by atoms with E-state index in [1.54, 1.807) is 4.68 Å². The number of carbonyl (C=O) groups is 1. The summed E-state index contributed by atoms with van der Waals surface area (Å²) in [5, 5.41) is 7.30. The molecule has 1 rings (SSSR count). The molecular weight excluding hydrogens is 226 g/mol. The Kier molecular flexibility index (Phi) is 4.70. The van der Waals surface area contributed by atoms with E-state index < -0.39 is 0 Å². The van der Waals surface area contributed by atoms with Crippen LogP contribution in [0.25, 0.3) is 0 Å². The summed E-state index contributed by atoms with van der Waals surface area (Å²) in [4.78, 5) is 11.5. The van der Waals surface area contributed by atoms with Crippen LogP contribution in [0.4, 0.5) is 0 Å². The summed E-state index contributed by atoms with van der Waals surface area (Å²) in [6.45, 7) is 10.1. The van der Waals surface area contributed by atoms with Crippen molar-refractivity contribution in [3.05, 3.63) is 30.6 Å². The van der Waals surface area contributed by atoms with Gasteiger partial charge < -0.3 is 5.32 Å². The number of hydrogen-bond donors (Lipinski definition) is 1. The third-order valence-corrected chi connectivity index (χ3v) is 2.78. The van der Waals surface area contributed by atoms with Gasteiger partial charge in [-0.05, 0) is 30.4 Å². The fourth-order valence-corrected chi connectivity index (χ4v) is 1.72. The zero-order valence-electron chi connectivity index (χ0n) is 11.7. The molecule has 0 spiro atoms.